The van der Waals surface area contributed by atoms with E-state index in [2.05, 4.69) is 26.7 Å². The number of imidazole rings is 2. The van der Waals surface area contributed by atoms with Crippen LogP contribution < -0.4 is 25.9 Å². The third-order valence-electron chi connectivity index (χ3n) is 10.0. The number of esters is 1. The van der Waals surface area contributed by atoms with E-state index in [1.807, 2.05) is 78.2 Å². The number of methoxy groups -OCH3 is 1. The zero-order valence-electron chi connectivity index (χ0n) is 31.3. The number of nitrogens with zero attached hydrogens (tertiary/aromatic N) is 6. The Morgan fingerprint density at radius 2 is 1.73 bits per heavy atom. The molecule has 1 aliphatic carbocycles. The number of anilines is 2. The molecule has 8 rings (SSSR count). The Labute approximate surface area is 319 Å². The van der Waals surface area contributed by atoms with Crippen LogP contribution in [0.4, 0.5) is 11.8 Å². The lowest BCUT2D eigenvalue weighted by Gasteiger charge is -2.18. The largest absolute Gasteiger partial charge is 0.508 e. The van der Waals surface area contributed by atoms with Crippen LogP contribution in [0.25, 0.3) is 11.2 Å². The van der Waals surface area contributed by atoms with Crippen LogP contribution >= 0.6 is 0 Å². The average molecular weight is 742 g/mol. The van der Waals surface area contributed by atoms with Crippen molar-refractivity contribution in [2.75, 3.05) is 24.8 Å². The van der Waals surface area contributed by atoms with Gasteiger partial charge < -0.3 is 24.9 Å². The molecule has 0 unspecified atom stereocenters. The molecule has 4 N–H and O–H groups in total. The van der Waals surface area contributed by atoms with Crippen LogP contribution in [0.3, 0.4) is 0 Å². The van der Waals surface area contributed by atoms with Crippen LogP contribution in [-0.2, 0) is 30.9 Å². The molecule has 1 fully saturated rings. The van der Waals surface area contributed by atoms with E-state index in [1.54, 1.807) is 35.3 Å². The summed E-state index contributed by atoms with van der Waals surface area (Å²) in [7, 11) is 1.61. The van der Waals surface area contributed by atoms with Gasteiger partial charge in [-0.15, -0.1) is 0 Å². The molecule has 1 saturated carbocycles. The van der Waals surface area contributed by atoms with Crippen molar-refractivity contribution in [2.45, 2.75) is 71.2 Å². The lowest BCUT2D eigenvalue weighted by atomic mass is 9.99. The number of phenolic OH excluding ortho intramolecular Hbond substituents is 1. The van der Waals surface area contributed by atoms with E-state index < -0.39 is 5.97 Å². The zero-order valence-corrected chi connectivity index (χ0v) is 31.3. The first-order chi connectivity index (χ1) is 26.7. The second-order valence-corrected chi connectivity index (χ2v) is 13.7. The molecule has 2 aliphatic rings. The van der Waals surface area contributed by atoms with Gasteiger partial charge in [0.2, 0.25) is 17.0 Å². The van der Waals surface area contributed by atoms with Crippen molar-refractivity contribution in [3.8, 4) is 23.3 Å². The van der Waals surface area contributed by atoms with Crippen molar-refractivity contribution in [2.24, 2.45) is 0 Å². The molecule has 13 heteroatoms. The van der Waals surface area contributed by atoms with E-state index in [1.165, 1.54) is 19.2 Å². The quantitative estimate of drug-likeness (QED) is 0.110. The van der Waals surface area contributed by atoms with Gasteiger partial charge in [-0.25, -0.2) is 23.5 Å². The van der Waals surface area contributed by atoms with Crippen molar-refractivity contribution in [1.82, 2.24) is 23.7 Å². The lowest BCUT2D eigenvalue weighted by molar-refractivity contribution is -0.657. The number of rotatable bonds is 8. The first kappa shape index (κ1) is 36.8. The normalized spacial score (nSPS) is 13.7. The number of fused-ring (bicyclic) bond motifs is 3. The highest BCUT2D eigenvalue weighted by Gasteiger charge is 2.47. The molecule has 1 spiro atoms. The Kier molecular flexibility index (Phi) is 10.6. The topological polar surface area (TPSA) is 155 Å². The highest BCUT2D eigenvalue weighted by atomic mass is 16.5. The highest BCUT2D eigenvalue weighted by Crippen LogP contribution is 2.36. The molecule has 3 aromatic heterocycles. The van der Waals surface area contributed by atoms with E-state index in [9.17, 15) is 14.7 Å². The maximum Gasteiger partial charge on any atom is 0.360 e. The number of aromatic nitrogens is 6. The summed E-state index contributed by atoms with van der Waals surface area (Å²) in [6.07, 6.45) is 6.10. The molecule has 0 radical (unpaired) electrons. The fraction of sp³-hybridized carbons (Fsp3) is 0.310. The highest BCUT2D eigenvalue weighted by molar-refractivity contribution is 5.92. The first-order valence-corrected chi connectivity index (χ1v) is 18.5. The third kappa shape index (κ3) is 7.62. The number of nitrogen functional groups attached to an aromatic ring is 1. The van der Waals surface area contributed by atoms with Crippen molar-refractivity contribution in [3.05, 3.63) is 124 Å². The Balaban J connectivity index is 0.000000198. The van der Waals surface area contributed by atoms with Crippen LogP contribution in [0.15, 0.2) is 90.0 Å². The molecular weight excluding hydrogens is 697 g/mol. The van der Waals surface area contributed by atoms with Crippen LogP contribution in [-0.4, -0.2) is 54.0 Å². The number of aromatic hydroxyl groups is 1. The Bertz CT molecular complexity index is 2470. The summed E-state index contributed by atoms with van der Waals surface area (Å²) in [6.45, 7) is 6.35. The number of ether oxygens (including phenoxy) is 2. The van der Waals surface area contributed by atoms with Gasteiger partial charge >= 0.3 is 17.5 Å². The molecular formula is C42H45N8O5+. The summed E-state index contributed by atoms with van der Waals surface area (Å²) in [6, 6.07) is 24.6. The van der Waals surface area contributed by atoms with E-state index in [0.717, 1.165) is 53.4 Å². The number of benzene rings is 3. The summed E-state index contributed by atoms with van der Waals surface area (Å²) < 4.78 is 17.8. The van der Waals surface area contributed by atoms with Gasteiger partial charge in [-0.2, -0.15) is 4.98 Å². The number of hydrogen-bond acceptors (Lipinski definition) is 9. The monoisotopic (exact) mass is 741 g/mol. The standard InChI is InChI=1S/C28H27N5O2.C14H17N3O3/c1-2-31-26(35)24-25(33-19-28(30-27(31)33)15-6-7-16-28)32(18-21-11-8-12-22(34)17-21)23(29-24)14-13-20-9-4-3-5-10-20;1-3-20-14(18)12-13(15)17(9-16-12)8-10-5-4-6-11(7-10)19-2/h3-5,8-12,17,34H,2,6-7,15-16,18-19H2,1H3;4-7,9H,3,8,15H2,1-2H3/p+1. The summed E-state index contributed by atoms with van der Waals surface area (Å²) >= 11 is 0. The van der Waals surface area contributed by atoms with Gasteiger partial charge in [0.15, 0.2) is 5.69 Å². The van der Waals surface area contributed by atoms with Crippen LogP contribution in [0.2, 0.25) is 0 Å². The predicted molar refractivity (Wildman–Crippen MR) is 209 cm³/mol. The van der Waals surface area contributed by atoms with Gasteiger partial charge in [-0.05, 0) is 93.0 Å². The fourth-order valence-corrected chi connectivity index (χ4v) is 7.40. The molecule has 0 saturated heterocycles. The summed E-state index contributed by atoms with van der Waals surface area (Å²) in [4.78, 5) is 34.0. The van der Waals surface area contributed by atoms with Crippen molar-refractivity contribution in [1.29, 1.82) is 0 Å². The van der Waals surface area contributed by atoms with E-state index in [4.69, 9.17) is 20.2 Å². The molecule has 282 valence electrons. The molecule has 0 atom stereocenters. The minimum Gasteiger partial charge on any atom is -0.508 e. The number of nitrogens with one attached hydrogen (secondary N) is 1. The van der Waals surface area contributed by atoms with Gasteiger partial charge in [0.25, 0.3) is 0 Å². The third-order valence-corrected chi connectivity index (χ3v) is 10.0. The lowest BCUT2D eigenvalue weighted by Crippen LogP contribution is -2.43. The summed E-state index contributed by atoms with van der Waals surface area (Å²) in [5.74, 6) is 8.60. The summed E-state index contributed by atoms with van der Waals surface area (Å²) in [5, 5.41) is 13.8. The maximum absolute atomic E-state index is 13.6. The van der Waals surface area contributed by atoms with Crippen LogP contribution in [0.1, 0.15) is 72.5 Å². The summed E-state index contributed by atoms with van der Waals surface area (Å²) in [5.41, 5.74) is 9.98. The smallest absolute Gasteiger partial charge is 0.360 e. The molecule has 1 aliphatic heterocycles. The number of nitrogens with two attached hydrogens (primary N) is 1. The zero-order chi connectivity index (χ0) is 38.5. The van der Waals surface area contributed by atoms with Crippen molar-refractivity contribution < 1.29 is 23.9 Å². The van der Waals surface area contributed by atoms with Crippen molar-refractivity contribution in [3.63, 3.8) is 0 Å². The second-order valence-electron chi connectivity index (χ2n) is 13.7. The Morgan fingerprint density at radius 1 is 0.982 bits per heavy atom. The molecule has 6 aromatic rings. The molecule has 0 bridgehead atoms. The first-order valence-electron chi connectivity index (χ1n) is 18.5. The van der Waals surface area contributed by atoms with E-state index in [0.29, 0.717) is 43.4 Å². The van der Waals surface area contributed by atoms with Gasteiger partial charge in [0, 0.05) is 5.56 Å². The SMILES string of the molecule is CCOC(=O)c1ncn(Cc2cccc(OC)c2)c1N.CCn1c2[n+](c3c(nc(C#Cc4ccccc4)n3Cc3cccc(O)c3)c1=O)CC1(CCCC1)N2. The minimum absolute atomic E-state index is 0.0133. The number of carbonyl (C=O) groups is 1. The molecule has 0 amide bonds. The maximum atomic E-state index is 13.6. The fourth-order valence-electron chi connectivity index (χ4n) is 7.40. The number of hydrogen-bond donors (Lipinski definition) is 3. The van der Waals surface area contributed by atoms with E-state index >= 15 is 0 Å². The Hall–Kier alpha value is -6.55. The number of phenols is 1. The average Bonchev–Trinajstić information content (AvgIpc) is 3.98. The van der Waals surface area contributed by atoms with Crippen LogP contribution in [0, 0.1) is 11.8 Å². The van der Waals surface area contributed by atoms with Gasteiger partial charge in [0.05, 0.1) is 46.2 Å². The van der Waals surface area contributed by atoms with Gasteiger partial charge in [-0.3, -0.25) is 10.1 Å². The molecule has 55 heavy (non-hydrogen) atoms. The molecule has 13 nitrogen and oxygen atoms in total. The predicted octanol–water partition coefficient (Wildman–Crippen LogP) is 5.10. The molecule has 3 aromatic carbocycles. The van der Waals surface area contributed by atoms with Gasteiger partial charge in [-0.1, -0.05) is 48.4 Å². The minimum atomic E-state index is -0.505. The van der Waals surface area contributed by atoms with Gasteiger partial charge in [0.1, 0.15) is 22.9 Å². The number of carbonyl (C=O) groups excluding carboxylic acids is 1. The second kappa shape index (κ2) is 15.8. The van der Waals surface area contributed by atoms with E-state index in [-0.39, 0.29) is 22.5 Å². The van der Waals surface area contributed by atoms with Crippen molar-refractivity contribution >= 4 is 28.9 Å². The Morgan fingerprint density at radius 3 is 2.44 bits per heavy atom. The van der Waals surface area contributed by atoms with Crippen LogP contribution in [0.5, 0.6) is 11.5 Å². The molecule has 4 heterocycles.